The van der Waals surface area contributed by atoms with Crippen LogP contribution in [0.3, 0.4) is 0 Å². The van der Waals surface area contributed by atoms with E-state index in [1.54, 1.807) is 10.9 Å². The Bertz CT molecular complexity index is 1150. The highest BCUT2D eigenvalue weighted by molar-refractivity contribution is 5.81. The number of aryl methyl sites for hydroxylation is 1. The van der Waals surface area contributed by atoms with Crippen LogP contribution in [0.4, 0.5) is 0 Å². The number of nitrogens with zero attached hydrogens (tertiary/aromatic N) is 5. The SMILES string of the molecule is CN(Cc1cc2ccccc2cn1)C1CCCc2nn(-c3ccccn3)c(O)c21. The summed E-state index contributed by atoms with van der Waals surface area (Å²) in [5.41, 5.74) is 2.91. The largest absolute Gasteiger partial charge is 0.493 e. The van der Waals surface area contributed by atoms with Gasteiger partial charge in [0.25, 0.3) is 0 Å². The molecule has 0 saturated heterocycles. The second-order valence-corrected chi connectivity index (χ2v) is 7.63. The molecule has 29 heavy (non-hydrogen) atoms. The van der Waals surface area contributed by atoms with Gasteiger partial charge in [-0.25, -0.2) is 4.98 Å². The fourth-order valence-electron chi connectivity index (χ4n) is 4.26. The Morgan fingerprint density at radius 2 is 1.93 bits per heavy atom. The van der Waals surface area contributed by atoms with Crippen molar-refractivity contribution in [2.45, 2.75) is 31.8 Å². The van der Waals surface area contributed by atoms with Crippen LogP contribution in [0.5, 0.6) is 5.88 Å². The molecule has 3 heterocycles. The first kappa shape index (κ1) is 17.8. The minimum absolute atomic E-state index is 0.101. The highest BCUT2D eigenvalue weighted by atomic mass is 16.3. The molecule has 4 aromatic rings. The van der Waals surface area contributed by atoms with Crippen molar-refractivity contribution in [2.24, 2.45) is 0 Å². The predicted molar refractivity (Wildman–Crippen MR) is 112 cm³/mol. The summed E-state index contributed by atoms with van der Waals surface area (Å²) in [6.07, 6.45) is 6.55. The van der Waals surface area contributed by atoms with Crippen LogP contribution in [0.25, 0.3) is 16.6 Å². The third-order valence-corrected chi connectivity index (χ3v) is 5.69. The van der Waals surface area contributed by atoms with E-state index in [1.165, 1.54) is 5.39 Å². The van der Waals surface area contributed by atoms with Crippen LogP contribution in [0.2, 0.25) is 0 Å². The molecule has 0 saturated carbocycles. The van der Waals surface area contributed by atoms with Crippen LogP contribution in [0.15, 0.2) is 60.9 Å². The van der Waals surface area contributed by atoms with E-state index in [4.69, 9.17) is 0 Å². The summed E-state index contributed by atoms with van der Waals surface area (Å²) < 4.78 is 1.56. The highest BCUT2D eigenvalue weighted by Crippen LogP contribution is 2.40. The normalized spacial score (nSPS) is 16.3. The number of hydrogen-bond donors (Lipinski definition) is 1. The molecule has 1 aromatic carbocycles. The number of aromatic hydroxyl groups is 1. The van der Waals surface area contributed by atoms with E-state index in [1.807, 2.05) is 36.5 Å². The molecule has 0 amide bonds. The molecular weight excluding hydrogens is 362 g/mol. The zero-order chi connectivity index (χ0) is 19.8. The van der Waals surface area contributed by atoms with Crippen molar-refractivity contribution in [2.75, 3.05) is 7.05 Å². The van der Waals surface area contributed by atoms with E-state index in [-0.39, 0.29) is 11.9 Å². The van der Waals surface area contributed by atoms with E-state index in [9.17, 15) is 5.11 Å². The van der Waals surface area contributed by atoms with Gasteiger partial charge in [-0.1, -0.05) is 30.3 Å². The summed E-state index contributed by atoms with van der Waals surface area (Å²) in [5, 5.41) is 18.0. The first-order chi connectivity index (χ1) is 14.2. The Labute approximate surface area is 169 Å². The van der Waals surface area contributed by atoms with Crippen molar-refractivity contribution < 1.29 is 5.11 Å². The predicted octanol–water partition coefficient (Wildman–Crippen LogP) is 4.03. The maximum Gasteiger partial charge on any atom is 0.220 e. The van der Waals surface area contributed by atoms with Crippen LogP contribution >= 0.6 is 0 Å². The lowest BCUT2D eigenvalue weighted by Crippen LogP contribution is -2.27. The van der Waals surface area contributed by atoms with Gasteiger partial charge in [-0.15, -0.1) is 0 Å². The zero-order valence-corrected chi connectivity index (χ0v) is 16.4. The van der Waals surface area contributed by atoms with Gasteiger partial charge < -0.3 is 5.11 Å². The maximum atomic E-state index is 11.0. The maximum absolute atomic E-state index is 11.0. The number of pyridine rings is 2. The zero-order valence-electron chi connectivity index (χ0n) is 16.4. The van der Waals surface area contributed by atoms with Crippen molar-refractivity contribution in [1.29, 1.82) is 0 Å². The quantitative estimate of drug-likeness (QED) is 0.574. The minimum Gasteiger partial charge on any atom is -0.493 e. The van der Waals surface area contributed by atoms with Gasteiger partial charge in [0, 0.05) is 30.4 Å². The summed E-state index contributed by atoms with van der Waals surface area (Å²) >= 11 is 0. The van der Waals surface area contributed by atoms with Gasteiger partial charge in [-0.3, -0.25) is 9.88 Å². The average Bonchev–Trinajstić information content (AvgIpc) is 3.11. The van der Waals surface area contributed by atoms with E-state index in [0.717, 1.165) is 41.6 Å². The van der Waals surface area contributed by atoms with Crippen molar-refractivity contribution in [3.05, 3.63) is 77.9 Å². The van der Waals surface area contributed by atoms with Crippen molar-refractivity contribution in [3.8, 4) is 11.7 Å². The molecule has 0 aliphatic heterocycles. The van der Waals surface area contributed by atoms with Gasteiger partial charge in [0.05, 0.1) is 17.0 Å². The molecule has 0 spiro atoms. The minimum atomic E-state index is 0.101. The standard InChI is InChI=1S/C23H23N5O/c1-27(15-18-13-16-7-2-3-8-17(16)14-25-18)20-10-6-9-19-22(20)23(29)28(26-19)21-11-4-5-12-24-21/h2-5,7-8,11-14,20,29H,6,9-10,15H2,1H3. The lowest BCUT2D eigenvalue weighted by molar-refractivity contribution is 0.206. The molecule has 1 aliphatic rings. The van der Waals surface area contributed by atoms with E-state index < -0.39 is 0 Å². The average molecular weight is 385 g/mol. The molecule has 1 N–H and O–H groups in total. The lowest BCUT2D eigenvalue weighted by atomic mass is 9.91. The molecule has 1 unspecified atom stereocenters. The van der Waals surface area contributed by atoms with Crippen LogP contribution in [-0.2, 0) is 13.0 Å². The molecule has 5 rings (SSSR count). The van der Waals surface area contributed by atoms with Gasteiger partial charge in [0.2, 0.25) is 5.88 Å². The third-order valence-electron chi connectivity index (χ3n) is 5.69. The van der Waals surface area contributed by atoms with Crippen molar-refractivity contribution >= 4 is 10.8 Å². The Hall–Kier alpha value is -3.25. The van der Waals surface area contributed by atoms with Crippen LogP contribution < -0.4 is 0 Å². The van der Waals surface area contributed by atoms with Gasteiger partial charge in [-0.05, 0) is 49.9 Å². The van der Waals surface area contributed by atoms with Gasteiger partial charge in [0.1, 0.15) is 0 Å². The summed E-state index contributed by atoms with van der Waals surface area (Å²) in [4.78, 5) is 11.2. The lowest BCUT2D eigenvalue weighted by Gasteiger charge is -2.30. The van der Waals surface area contributed by atoms with E-state index >= 15 is 0 Å². The Kier molecular flexibility index (Phi) is 4.48. The number of aromatic nitrogens is 4. The molecule has 3 aromatic heterocycles. The van der Waals surface area contributed by atoms with Crippen LogP contribution in [0.1, 0.15) is 35.8 Å². The number of rotatable bonds is 4. The molecule has 1 atom stereocenters. The van der Waals surface area contributed by atoms with Crippen LogP contribution in [0, 0.1) is 0 Å². The Morgan fingerprint density at radius 1 is 1.10 bits per heavy atom. The first-order valence-electron chi connectivity index (χ1n) is 9.97. The summed E-state index contributed by atoms with van der Waals surface area (Å²) in [7, 11) is 2.09. The fourth-order valence-corrected chi connectivity index (χ4v) is 4.26. The van der Waals surface area contributed by atoms with E-state index in [2.05, 4.69) is 45.2 Å². The van der Waals surface area contributed by atoms with Crippen molar-refractivity contribution in [1.82, 2.24) is 24.6 Å². The number of fused-ring (bicyclic) bond motifs is 2. The molecule has 6 nitrogen and oxygen atoms in total. The monoisotopic (exact) mass is 385 g/mol. The molecule has 6 heteroatoms. The van der Waals surface area contributed by atoms with Crippen molar-refractivity contribution in [3.63, 3.8) is 0 Å². The molecule has 1 aliphatic carbocycles. The van der Waals surface area contributed by atoms with E-state index in [0.29, 0.717) is 12.4 Å². The number of hydrogen-bond acceptors (Lipinski definition) is 5. The Morgan fingerprint density at radius 3 is 2.76 bits per heavy atom. The summed E-state index contributed by atoms with van der Waals surface area (Å²) in [6.45, 7) is 0.711. The number of benzene rings is 1. The third kappa shape index (κ3) is 3.25. The van der Waals surface area contributed by atoms with Gasteiger partial charge in [-0.2, -0.15) is 9.78 Å². The Balaban J connectivity index is 1.45. The molecule has 0 radical (unpaired) electrons. The van der Waals surface area contributed by atoms with Crippen LogP contribution in [-0.4, -0.2) is 36.8 Å². The topological polar surface area (TPSA) is 67.1 Å². The smallest absolute Gasteiger partial charge is 0.220 e. The highest BCUT2D eigenvalue weighted by Gasteiger charge is 2.31. The molecule has 0 bridgehead atoms. The van der Waals surface area contributed by atoms with Gasteiger partial charge >= 0.3 is 0 Å². The fraction of sp³-hybridized carbons (Fsp3) is 0.261. The second-order valence-electron chi connectivity index (χ2n) is 7.63. The molecule has 0 fully saturated rings. The van der Waals surface area contributed by atoms with Gasteiger partial charge in [0.15, 0.2) is 5.82 Å². The first-order valence-corrected chi connectivity index (χ1v) is 9.97. The summed E-state index contributed by atoms with van der Waals surface area (Å²) in [6, 6.07) is 16.1. The molecule has 146 valence electrons. The molecular formula is C23H23N5O. The second kappa shape index (κ2) is 7.29. The summed E-state index contributed by atoms with van der Waals surface area (Å²) in [5.74, 6) is 0.832.